The van der Waals surface area contributed by atoms with E-state index in [1.165, 1.54) is 24.4 Å². The van der Waals surface area contributed by atoms with E-state index in [-0.39, 0.29) is 17.9 Å². The van der Waals surface area contributed by atoms with Gasteiger partial charge < -0.3 is 15.2 Å². The Bertz CT molecular complexity index is 1190. The summed E-state index contributed by atoms with van der Waals surface area (Å²) in [6.07, 6.45) is 3.10. The van der Waals surface area contributed by atoms with Crippen LogP contribution < -0.4 is 16.0 Å². The lowest BCUT2D eigenvalue weighted by Gasteiger charge is -2.26. The SMILES string of the molecule is Cn1ccnc1C1(CNC(=O)c2ccc(F)cc2-c2ccc(Cl)cc2)NC(=O)NC1=O. The van der Waals surface area contributed by atoms with Crippen molar-refractivity contribution in [1.82, 2.24) is 25.5 Å². The Balaban J connectivity index is 1.66. The van der Waals surface area contributed by atoms with Crippen molar-refractivity contribution in [3.63, 3.8) is 0 Å². The summed E-state index contributed by atoms with van der Waals surface area (Å²) in [6, 6.07) is 9.71. The highest BCUT2D eigenvalue weighted by atomic mass is 35.5. The largest absolute Gasteiger partial charge is 0.349 e. The van der Waals surface area contributed by atoms with E-state index in [0.717, 1.165) is 0 Å². The van der Waals surface area contributed by atoms with Crippen LogP contribution in [0.3, 0.4) is 0 Å². The third-order valence-corrected chi connectivity index (χ3v) is 5.29. The molecule has 1 aromatic heterocycles. The molecule has 0 aliphatic carbocycles. The van der Waals surface area contributed by atoms with Crippen molar-refractivity contribution in [2.45, 2.75) is 5.54 Å². The fraction of sp³-hybridized carbons (Fsp3) is 0.143. The van der Waals surface area contributed by atoms with Gasteiger partial charge in [0.25, 0.3) is 11.8 Å². The molecule has 0 spiro atoms. The van der Waals surface area contributed by atoms with Gasteiger partial charge in [-0.2, -0.15) is 0 Å². The summed E-state index contributed by atoms with van der Waals surface area (Å²) in [5.74, 6) is -1.43. The molecule has 1 aliphatic rings. The number of hydrogen-bond donors (Lipinski definition) is 3. The van der Waals surface area contributed by atoms with Gasteiger partial charge in [-0.3, -0.25) is 14.9 Å². The highest BCUT2D eigenvalue weighted by Gasteiger charge is 2.50. The number of imide groups is 1. The van der Waals surface area contributed by atoms with E-state index in [1.54, 1.807) is 42.1 Å². The smallest absolute Gasteiger partial charge is 0.322 e. The van der Waals surface area contributed by atoms with Crippen LogP contribution >= 0.6 is 11.6 Å². The topological polar surface area (TPSA) is 105 Å². The van der Waals surface area contributed by atoms with Crippen LogP contribution in [0.2, 0.25) is 5.02 Å². The first-order valence-electron chi connectivity index (χ1n) is 9.25. The fourth-order valence-corrected chi connectivity index (χ4v) is 3.65. The predicted octanol–water partition coefficient (Wildman–Crippen LogP) is 2.34. The van der Waals surface area contributed by atoms with Gasteiger partial charge in [-0.15, -0.1) is 0 Å². The van der Waals surface area contributed by atoms with E-state index < -0.39 is 29.2 Å². The number of carbonyl (C=O) groups is 3. The zero-order valence-electron chi connectivity index (χ0n) is 16.3. The Kier molecular flexibility index (Phi) is 5.20. The molecule has 4 amide bonds. The monoisotopic (exact) mass is 441 g/mol. The number of rotatable bonds is 5. The quantitative estimate of drug-likeness (QED) is 0.528. The Morgan fingerprint density at radius 2 is 1.97 bits per heavy atom. The molecule has 0 radical (unpaired) electrons. The molecule has 1 saturated heterocycles. The number of nitrogens with zero attached hydrogens (tertiary/aromatic N) is 2. The van der Waals surface area contributed by atoms with Crippen LogP contribution in [0, 0.1) is 5.82 Å². The van der Waals surface area contributed by atoms with E-state index in [1.807, 2.05) is 0 Å². The van der Waals surface area contributed by atoms with Gasteiger partial charge in [-0.25, -0.2) is 14.2 Å². The molecule has 4 rings (SSSR count). The van der Waals surface area contributed by atoms with Crippen LogP contribution in [0.1, 0.15) is 16.2 Å². The van der Waals surface area contributed by atoms with E-state index >= 15 is 0 Å². The number of aryl methyl sites for hydroxylation is 1. The number of carbonyl (C=O) groups excluding carboxylic acids is 3. The van der Waals surface area contributed by atoms with Crippen molar-refractivity contribution in [3.8, 4) is 11.1 Å². The van der Waals surface area contributed by atoms with Gasteiger partial charge in [0.1, 0.15) is 11.6 Å². The molecule has 1 fully saturated rings. The summed E-state index contributed by atoms with van der Waals surface area (Å²) in [7, 11) is 1.67. The van der Waals surface area contributed by atoms with Crippen molar-refractivity contribution in [3.05, 3.63) is 77.1 Å². The molecule has 1 atom stereocenters. The molecule has 31 heavy (non-hydrogen) atoms. The number of amides is 4. The Hall–Kier alpha value is -3.72. The molecule has 158 valence electrons. The molecule has 2 aromatic carbocycles. The second kappa shape index (κ2) is 7.84. The third kappa shape index (κ3) is 3.75. The van der Waals surface area contributed by atoms with Gasteiger partial charge in [-0.05, 0) is 41.5 Å². The molecule has 1 unspecified atom stereocenters. The zero-order chi connectivity index (χ0) is 22.2. The first-order chi connectivity index (χ1) is 14.8. The van der Waals surface area contributed by atoms with E-state index in [0.29, 0.717) is 16.1 Å². The van der Waals surface area contributed by atoms with Crippen LogP contribution in [-0.2, 0) is 17.4 Å². The van der Waals surface area contributed by atoms with E-state index in [9.17, 15) is 18.8 Å². The third-order valence-electron chi connectivity index (χ3n) is 5.04. The molecular formula is C21H17ClFN5O3. The Morgan fingerprint density at radius 1 is 1.23 bits per heavy atom. The molecule has 8 nitrogen and oxygen atoms in total. The van der Waals surface area contributed by atoms with Gasteiger partial charge in [-0.1, -0.05) is 23.7 Å². The highest BCUT2D eigenvalue weighted by Crippen LogP contribution is 2.27. The van der Waals surface area contributed by atoms with Gasteiger partial charge in [0.2, 0.25) is 0 Å². The first kappa shape index (κ1) is 20.5. The summed E-state index contributed by atoms with van der Waals surface area (Å²) in [4.78, 5) is 41.7. The molecule has 0 saturated carbocycles. The molecule has 3 aromatic rings. The Morgan fingerprint density at radius 3 is 2.58 bits per heavy atom. The summed E-state index contributed by atoms with van der Waals surface area (Å²) < 4.78 is 15.5. The lowest BCUT2D eigenvalue weighted by Crippen LogP contribution is -2.54. The van der Waals surface area contributed by atoms with Gasteiger partial charge in [0, 0.05) is 30.0 Å². The summed E-state index contributed by atoms with van der Waals surface area (Å²) in [6.45, 7) is -0.258. The van der Waals surface area contributed by atoms with Crippen LogP contribution in [0.15, 0.2) is 54.9 Å². The maximum Gasteiger partial charge on any atom is 0.322 e. The average molecular weight is 442 g/mol. The molecule has 1 aliphatic heterocycles. The van der Waals surface area contributed by atoms with Crippen molar-refractivity contribution >= 4 is 29.4 Å². The second-order valence-corrected chi connectivity index (χ2v) is 7.49. The number of urea groups is 1. The molecule has 10 heteroatoms. The number of aromatic nitrogens is 2. The molecular weight excluding hydrogens is 425 g/mol. The van der Waals surface area contributed by atoms with E-state index in [2.05, 4.69) is 20.9 Å². The lowest BCUT2D eigenvalue weighted by atomic mass is 9.96. The number of hydrogen-bond acceptors (Lipinski definition) is 4. The number of halogens is 2. The summed E-state index contributed by atoms with van der Waals surface area (Å²) in [5, 5.41) is 7.92. The molecule has 2 heterocycles. The van der Waals surface area contributed by atoms with Crippen LogP contribution in [0.5, 0.6) is 0 Å². The average Bonchev–Trinajstić information content (AvgIpc) is 3.29. The standard InChI is InChI=1S/C21H17ClFN5O3/c1-28-9-8-24-18(28)21(19(30)26-20(31)27-21)11-25-17(29)15-7-6-14(23)10-16(15)12-2-4-13(22)5-3-12/h2-10H,11H2,1H3,(H,25,29)(H2,26,27,30,31). The lowest BCUT2D eigenvalue weighted by molar-refractivity contribution is -0.124. The van der Waals surface area contributed by atoms with E-state index in [4.69, 9.17) is 11.6 Å². The maximum atomic E-state index is 13.9. The van der Waals surface area contributed by atoms with Crippen molar-refractivity contribution < 1.29 is 18.8 Å². The molecule has 0 bridgehead atoms. The van der Waals surface area contributed by atoms with Gasteiger partial charge in [0.15, 0.2) is 5.54 Å². The van der Waals surface area contributed by atoms with Crippen LogP contribution in [0.25, 0.3) is 11.1 Å². The minimum absolute atomic E-state index is 0.198. The normalized spacial score (nSPS) is 17.9. The van der Waals surface area contributed by atoms with Crippen LogP contribution in [0.4, 0.5) is 9.18 Å². The summed E-state index contributed by atoms with van der Waals surface area (Å²) >= 11 is 5.92. The maximum absolute atomic E-state index is 13.9. The minimum Gasteiger partial charge on any atom is -0.349 e. The van der Waals surface area contributed by atoms with Crippen molar-refractivity contribution in [2.75, 3.05) is 6.54 Å². The molecule has 3 N–H and O–H groups in total. The van der Waals surface area contributed by atoms with Gasteiger partial charge in [0.05, 0.1) is 6.54 Å². The minimum atomic E-state index is -1.58. The highest BCUT2D eigenvalue weighted by molar-refractivity contribution is 6.30. The van der Waals surface area contributed by atoms with Crippen molar-refractivity contribution in [2.24, 2.45) is 7.05 Å². The number of benzene rings is 2. The Labute approximate surface area is 181 Å². The summed E-state index contributed by atoms with van der Waals surface area (Å²) in [5.41, 5.74) is -0.422. The number of imidazole rings is 1. The van der Waals surface area contributed by atoms with Crippen molar-refractivity contribution in [1.29, 1.82) is 0 Å². The second-order valence-electron chi connectivity index (χ2n) is 7.05. The van der Waals surface area contributed by atoms with Crippen LogP contribution in [-0.4, -0.2) is 33.9 Å². The number of nitrogens with one attached hydrogen (secondary N) is 3. The fourth-order valence-electron chi connectivity index (χ4n) is 3.52. The first-order valence-corrected chi connectivity index (χ1v) is 9.63. The predicted molar refractivity (Wildman–Crippen MR) is 111 cm³/mol. The van der Waals surface area contributed by atoms with Gasteiger partial charge >= 0.3 is 6.03 Å². The zero-order valence-corrected chi connectivity index (χ0v) is 17.0.